The number of fused-ring (bicyclic) bond motifs is 1. The van der Waals surface area contributed by atoms with Crippen LogP contribution < -0.4 is 9.47 Å². The summed E-state index contributed by atoms with van der Waals surface area (Å²) in [5.41, 5.74) is 0.842. The van der Waals surface area contributed by atoms with Crippen molar-refractivity contribution in [3.8, 4) is 17.4 Å². The fourth-order valence-corrected chi connectivity index (χ4v) is 2.19. The first-order valence-corrected chi connectivity index (χ1v) is 6.61. The van der Waals surface area contributed by atoms with E-state index in [1.807, 2.05) is 48.5 Å². The summed E-state index contributed by atoms with van der Waals surface area (Å²) in [6.07, 6.45) is 1.70. The van der Waals surface area contributed by atoms with Crippen molar-refractivity contribution in [1.29, 1.82) is 0 Å². The van der Waals surface area contributed by atoms with Gasteiger partial charge >= 0.3 is 0 Å². The number of aliphatic hydroxyl groups is 1. The molecule has 3 rings (SSSR count). The number of benzene rings is 2. The molecule has 0 aliphatic heterocycles. The van der Waals surface area contributed by atoms with Crippen molar-refractivity contribution < 1.29 is 14.6 Å². The number of hydrogen-bond donors (Lipinski definition) is 1. The minimum atomic E-state index is 0.0179. The van der Waals surface area contributed by atoms with Crippen molar-refractivity contribution in [2.24, 2.45) is 0 Å². The Balaban J connectivity index is 2.00. The largest absolute Gasteiger partial charge is 0.496 e. The Morgan fingerprint density at radius 2 is 1.81 bits per heavy atom. The van der Waals surface area contributed by atoms with Crippen molar-refractivity contribution >= 4 is 10.8 Å². The Hall–Kier alpha value is -2.59. The maximum Gasteiger partial charge on any atom is 0.227 e. The number of aliphatic hydroxyl groups excluding tert-OH is 1. The van der Waals surface area contributed by atoms with E-state index in [1.165, 1.54) is 0 Å². The van der Waals surface area contributed by atoms with Gasteiger partial charge in [-0.1, -0.05) is 18.2 Å². The third-order valence-corrected chi connectivity index (χ3v) is 3.27. The summed E-state index contributed by atoms with van der Waals surface area (Å²) in [5, 5.41) is 10.9. The fourth-order valence-electron chi connectivity index (χ4n) is 2.19. The predicted octanol–water partition coefficient (Wildman–Crippen LogP) is 3.53. The molecule has 2 aromatic carbocycles. The third-order valence-electron chi connectivity index (χ3n) is 3.27. The van der Waals surface area contributed by atoms with E-state index < -0.39 is 0 Å². The Morgan fingerprint density at radius 1 is 1.00 bits per heavy atom. The molecule has 0 aliphatic carbocycles. The van der Waals surface area contributed by atoms with Crippen LogP contribution in [0.1, 0.15) is 5.56 Å². The van der Waals surface area contributed by atoms with Gasteiger partial charge in [0.15, 0.2) is 0 Å². The molecule has 0 spiro atoms. The summed E-state index contributed by atoms with van der Waals surface area (Å²) >= 11 is 0. The van der Waals surface area contributed by atoms with E-state index in [1.54, 1.807) is 13.3 Å². The molecule has 0 bridgehead atoms. The van der Waals surface area contributed by atoms with Crippen molar-refractivity contribution in [1.82, 2.24) is 4.98 Å². The summed E-state index contributed by atoms with van der Waals surface area (Å²) in [5.74, 6) is 1.99. The van der Waals surface area contributed by atoms with Gasteiger partial charge in [-0.25, -0.2) is 4.98 Å². The molecular weight excluding hydrogens is 266 g/mol. The van der Waals surface area contributed by atoms with E-state index in [-0.39, 0.29) is 6.61 Å². The molecule has 0 amide bonds. The fraction of sp³-hybridized carbons (Fsp3) is 0.118. The molecule has 0 atom stereocenters. The van der Waals surface area contributed by atoms with Crippen molar-refractivity contribution in [3.05, 3.63) is 60.3 Å². The van der Waals surface area contributed by atoms with Crippen LogP contribution in [0, 0.1) is 0 Å². The van der Waals surface area contributed by atoms with E-state index in [9.17, 15) is 0 Å². The van der Waals surface area contributed by atoms with Gasteiger partial charge in [0, 0.05) is 17.0 Å². The van der Waals surface area contributed by atoms with Gasteiger partial charge in [-0.2, -0.15) is 0 Å². The summed E-state index contributed by atoms with van der Waals surface area (Å²) in [6, 6.07) is 14.9. The molecule has 1 heterocycles. The highest BCUT2D eigenvalue weighted by Crippen LogP contribution is 2.32. The summed E-state index contributed by atoms with van der Waals surface area (Å²) in [6.45, 7) is 0.0179. The lowest BCUT2D eigenvalue weighted by atomic mass is 10.1. The Labute approximate surface area is 122 Å². The van der Waals surface area contributed by atoms with Gasteiger partial charge in [-0.15, -0.1) is 0 Å². The van der Waals surface area contributed by atoms with Crippen LogP contribution in [0.3, 0.4) is 0 Å². The second kappa shape index (κ2) is 5.81. The zero-order chi connectivity index (χ0) is 14.7. The molecule has 0 saturated carbocycles. The molecule has 4 nitrogen and oxygen atoms in total. The predicted molar refractivity (Wildman–Crippen MR) is 80.7 cm³/mol. The maximum absolute atomic E-state index is 9.05. The molecule has 4 heteroatoms. The molecule has 0 aliphatic rings. The second-order valence-electron chi connectivity index (χ2n) is 4.58. The molecular formula is C17H15NO3. The van der Waals surface area contributed by atoms with Crippen LogP contribution >= 0.6 is 0 Å². The van der Waals surface area contributed by atoms with E-state index in [0.717, 1.165) is 22.1 Å². The van der Waals surface area contributed by atoms with Gasteiger partial charge < -0.3 is 14.6 Å². The molecule has 1 N–H and O–H groups in total. The SMILES string of the molecule is COc1cccc2c(Oc3ccc(CO)cc3)nccc12. The van der Waals surface area contributed by atoms with E-state index in [2.05, 4.69) is 4.98 Å². The monoisotopic (exact) mass is 281 g/mol. The van der Waals surface area contributed by atoms with Crippen molar-refractivity contribution in [3.63, 3.8) is 0 Å². The topological polar surface area (TPSA) is 51.6 Å². The quantitative estimate of drug-likeness (QED) is 0.795. The second-order valence-corrected chi connectivity index (χ2v) is 4.58. The van der Waals surface area contributed by atoms with Gasteiger partial charge in [-0.05, 0) is 35.9 Å². The molecule has 106 valence electrons. The lowest BCUT2D eigenvalue weighted by molar-refractivity contribution is 0.281. The molecule has 0 radical (unpaired) electrons. The lowest BCUT2D eigenvalue weighted by Crippen LogP contribution is -1.92. The standard InChI is InChI=1S/C17H15NO3/c1-20-16-4-2-3-15-14(16)9-10-18-17(15)21-13-7-5-12(11-19)6-8-13/h2-10,19H,11H2,1H3. The number of methoxy groups -OCH3 is 1. The van der Waals surface area contributed by atoms with Crippen LogP contribution in [0.15, 0.2) is 54.7 Å². The van der Waals surface area contributed by atoms with Crippen LogP contribution in [0.25, 0.3) is 10.8 Å². The first kappa shape index (κ1) is 13.4. The molecule has 0 unspecified atom stereocenters. The smallest absolute Gasteiger partial charge is 0.227 e. The third kappa shape index (κ3) is 2.66. The zero-order valence-corrected chi connectivity index (χ0v) is 11.6. The Bertz CT molecular complexity index is 754. The van der Waals surface area contributed by atoms with E-state index in [0.29, 0.717) is 11.6 Å². The molecule has 3 aromatic rings. The highest BCUT2D eigenvalue weighted by molar-refractivity contribution is 5.91. The lowest BCUT2D eigenvalue weighted by Gasteiger charge is -2.10. The summed E-state index contributed by atoms with van der Waals surface area (Å²) in [7, 11) is 1.64. The van der Waals surface area contributed by atoms with Crippen LogP contribution in [-0.2, 0) is 6.61 Å². The number of aromatic nitrogens is 1. The van der Waals surface area contributed by atoms with E-state index in [4.69, 9.17) is 14.6 Å². The summed E-state index contributed by atoms with van der Waals surface area (Å²) < 4.78 is 11.2. The average molecular weight is 281 g/mol. The summed E-state index contributed by atoms with van der Waals surface area (Å²) in [4.78, 5) is 4.29. The zero-order valence-electron chi connectivity index (χ0n) is 11.6. The first-order valence-electron chi connectivity index (χ1n) is 6.61. The maximum atomic E-state index is 9.05. The number of ether oxygens (including phenoxy) is 2. The van der Waals surface area contributed by atoms with Gasteiger partial charge in [0.1, 0.15) is 11.5 Å². The van der Waals surface area contributed by atoms with Crippen LogP contribution in [0.4, 0.5) is 0 Å². The minimum absolute atomic E-state index is 0.0179. The van der Waals surface area contributed by atoms with Crippen molar-refractivity contribution in [2.45, 2.75) is 6.61 Å². The molecule has 0 saturated heterocycles. The molecule has 1 aromatic heterocycles. The number of rotatable bonds is 4. The first-order chi connectivity index (χ1) is 10.3. The highest BCUT2D eigenvalue weighted by Gasteiger charge is 2.08. The van der Waals surface area contributed by atoms with E-state index >= 15 is 0 Å². The Morgan fingerprint density at radius 3 is 2.52 bits per heavy atom. The normalized spacial score (nSPS) is 10.6. The van der Waals surface area contributed by atoms with Gasteiger partial charge in [0.25, 0.3) is 0 Å². The van der Waals surface area contributed by atoms with Gasteiger partial charge in [0.05, 0.1) is 13.7 Å². The van der Waals surface area contributed by atoms with Crippen molar-refractivity contribution in [2.75, 3.05) is 7.11 Å². The number of nitrogens with zero attached hydrogens (tertiary/aromatic N) is 1. The minimum Gasteiger partial charge on any atom is -0.496 e. The van der Waals surface area contributed by atoms with Gasteiger partial charge in [0.2, 0.25) is 5.88 Å². The number of pyridine rings is 1. The highest BCUT2D eigenvalue weighted by atomic mass is 16.5. The Kier molecular flexibility index (Phi) is 3.71. The average Bonchev–Trinajstić information content (AvgIpc) is 2.55. The molecule has 21 heavy (non-hydrogen) atoms. The van der Waals surface area contributed by atoms with Gasteiger partial charge in [-0.3, -0.25) is 0 Å². The molecule has 0 fully saturated rings. The van der Waals surface area contributed by atoms with Crippen LogP contribution in [0.2, 0.25) is 0 Å². The van der Waals surface area contributed by atoms with Crippen LogP contribution in [-0.4, -0.2) is 17.2 Å². The number of hydrogen-bond acceptors (Lipinski definition) is 4. The van der Waals surface area contributed by atoms with Crippen LogP contribution in [0.5, 0.6) is 17.4 Å².